The van der Waals surface area contributed by atoms with Gasteiger partial charge in [-0.05, 0) is 25.7 Å². The first-order chi connectivity index (χ1) is 4.95. The zero-order chi connectivity index (χ0) is 9.02. The third kappa shape index (κ3) is 4.41. The van der Waals surface area contributed by atoms with Crippen molar-refractivity contribution in [1.82, 2.24) is 5.32 Å². The minimum absolute atomic E-state index is 0.507. The molecule has 1 nitrogen and oxygen atoms in total. The average Bonchev–Trinajstić information content (AvgIpc) is 1.87. The molecule has 67 valence electrons. The van der Waals surface area contributed by atoms with E-state index in [1.165, 1.54) is 0 Å². The topological polar surface area (TPSA) is 14.1 Å². The van der Waals surface area contributed by atoms with E-state index >= 15 is 0 Å². The molecule has 0 bridgehead atoms. The zero-order valence-electron chi connectivity index (χ0n) is 8.76. The van der Waals surface area contributed by atoms with Gasteiger partial charge in [-0.25, -0.2) is 5.32 Å². The normalized spacial score (nSPS) is 17.5. The summed E-state index contributed by atoms with van der Waals surface area (Å²) in [6.45, 7) is 13.3. The third-order valence-corrected chi connectivity index (χ3v) is 2.40. The van der Waals surface area contributed by atoms with Crippen molar-refractivity contribution in [3.8, 4) is 0 Å². The summed E-state index contributed by atoms with van der Waals surface area (Å²) in [5.74, 6) is 1.35. The molecule has 0 amide bonds. The number of rotatable bonds is 4. The first kappa shape index (κ1) is 11.0. The molecular formula is C10H22N. The number of hydrogen-bond donors (Lipinski definition) is 0. The summed E-state index contributed by atoms with van der Waals surface area (Å²) in [5.41, 5.74) is 0. The summed E-state index contributed by atoms with van der Waals surface area (Å²) in [5, 5.41) is 4.68. The van der Waals surface area contributed by atoms with Crippen molar-refractivity contribution in [1.29, 1.82) is 0 Å². The second-order valence-electron chi connectivity index (χ2n) is 4.12. The van der Waals surface area contributed by atoms with Gasteiger partial charge >= 0.3 is 0 Å². The summed E-state index contributed by atoms with van der Waals surface area (Å²) in [6.07, 6.45) is 0. The Kier molecular flexibility index (Phi) is 4.74. The second kappa shape index (κ2) is 4.76. The van der Waals surface area contributed by atoms with E-state index in [1.807, 2.05) is 0 Å². The summed E-state index contributed by atoms with van der Waals surface area (Å²) >= 11 is 0. The summed E-state index contributed by atoms with van der Waals surface area (Å²) < 4.78 is 0. The Labute approximate surface area is 71.6 Å². The van der Waals surface area contributed by atoms with E-state index in [0.717, 1.165) is 0 Å². The van der Waals surface area contributed by atoms with Gasteiger partial charge < -0.3 is 0 Å². The minimum Gasteiger partial charge on any atom is -0.235 e. The van der Waals surface area contributed by atoms with E-state index in [1.54, 1.807) is 0 Å². The molecule has 11 heavy (non-hydrogen) atoms. The van der Waals surface area contributed by atoms with E-state index in [4.69, 9.17) is 0 Å². The van der Waals surface area contributed by atoms with E-state index in [9.17, 15) is 0 Å². The lowest BCUT2D eigenvalue weighted by Crippen LogP contribution is -2.34. The van der Waals surface area contributed by atoms with Crippen molar-refractivity contribution in [2.45, 2.75) is 53.6 Å². The number of hydrogen-bond acceptors (Lipinski definition) is 0. The van der Waals surface area contributed by atoms with E-state index < -0.39 is 0 Å². The van der Waals surface area contributed by atoms with Crippen molar-refractivity contribution in [2.24, 2.45) is 11.8 Å². The van der Waals surface area contributed by atoms with E-state index in [0.29, 0.717) is 23.9 Å². The molecule has 0 saturated heterocycles. The molecule has 0 fully saturated rings. The smallest absolute Gasteiger partial charge is 0.0243 e. The van der Waals surface area contributed by atoms with E-state index in [-0.39, 0.29) is 0 Å². The highest BCUT2D eigenvalue weighted by atomic mass is 14.9. The fraction of sp³-hybridized carbons (Fsp3) is 1.00. The SMILES string of the molecule is CC(C)C(C)[N]C(C)C(C)C. The zero-order valence-corrected chi connectivity index (χ0v) is 8.76. The monoisotopic (exact) mass is 156 g/mol. The Balaban J connectivity index is 3.66. The quantitative estimate of drug-likeness (QED) is 0.594. The third-order valence-electron chi connectivity index (χ3n) is 2.40. The van der Waals surface area contributed by atoms with Gasteiger partial charge in [0.15, 0.2) is 0 Å². The lowest BCUT2D eigenvalue weighted by Gasteiger charge is -2.22. The van der Waals surface area contributed by atoms with Gasteiger partial charge in [-0.3, -0.25) is 0 Å². The molecule has 0 aromatic carbocycles. The van der Waals surface area contributed by atoms with Gasteiger partial charge in [0, 0.05) is 12.1 Å². The molecule has 0 rings (SSSR count). The molecule has 0 aromatic heterocycles. The highest BCUT2D eigenvalue weighted by Crippen LogP contribution is 2.08. The molecule has 2 atom stereocenters. The van der Waals surface area contributed by atoms with Crippen LogP contribution in [0.4, 0.5) is 0 Å². The molecule has 0 aromatic rings. The predicted octanol–water partition coefficient (Wildman–Crippen LogP) is 2.68. The van der Waals surface area contributed by atoms with Gasteiger partial charge in [0.25, 0.3) is 0 Å². The summed E-state index contributed by atoms with van der Waals surface area (Å²) in [7, 11) is 0. The number of nitrogens with zero attached hydrogens (tertiary/aromatic N) is 1. The lowest BCUT2D eigenvalue weighted by atomic mass is 10.0. The Morgan fingerprint density at radius 3 is 1.09 bits per heavy atom. The highest BCUT2D eigenvalue weighted by molar-refractivity contribution is 4.71. The van der Waals surface area contributed by atoms with Crippen molar-refractivity contribution >= 4 is 0 Å². The Morgan fingerprint density at radius 1 is 0.636 bits per heavy atom. The van der Waals surface area contributed by atoms with Crippen LogP contribution in [0.25, 0.3) is 0 Å². The van der Waals surface area contributed by atoms with E-state index in [2.05, 4.69) is 46.9 Å². The average molecular weight is 156 g/mol. The lowest BCUT2D eigenvalue weighted by molar-refractivity contribution is 0.326. The van der Waals surface area contributed by atoms with Crippen molar-refractivity contribution < 1.29 is 0 Å². The van der Waals surface area contributed by atoms with Gasteiger partial charge in [-0.15, -0.1) is 0 Å². The summed E-state index contributed by atoms with van der Waals surface area (Å²) in [6, 6.07) is 1.01. The van der Waals surface area contributed by atoms with Gasteiger partial charge in [-0.1, -0.05) is 27.7 Å². The van der Waals surface area contributed by atoms with Crippen LogP contribution in [0.1, 0.15) is 41.5 Å². The maximum Gasteiger partial charge on any atom is 0.0243 e. The molecule has 0 saturated carbocycles. The van der Waals surface area contributed by atoms with Gasteiger partial charge in [0.1, 0.15) is 0 Å². The molecule has 0 aliphatic carbocycles. The fourth-order valence-electron chi connectivity index (χ4n) is 0.715. The van der Waals surface area contributed by atoms with Crippen molar-refractivity contribution in [2.75, 3.05) is 0 Å². The minimum atomic E-state index is 0.507. The summed E-state index contributed by atoms with van der Waals surface area (Å²) in [4.78, 5) is 0. The maximum atomic E-state index is 4.68. The van der Waals surface area contributed by atoms with Crippen LogP contribution in [0.3, 0.4) is 0 Å². The molecule has 1 radical (unpaired) electrons. The highest BCUT2D eigenvalue weighted by Gasteiger charge is 2.14. The second-order valence-corrected chi connectivity index (χ2v) is 4.12. The van der Waals surface area contributed by atoms with Crippen molar-refractivity contribution in [3.05, 3.63) is 0 Å². The molecular weight excluding hydrogens is 134 g/mol. The van der Waals surface area contributed by atoms with Crippen LogP contribution in [0.2, 0.25) is 0 Å². The molecule has 0 aliphatic heterocycles. The standard InChI is InChI=1S/C10H22N/c1-7(2)9(5)11-10(6)8(3)4/h7-10H,1-6H3. The van der Waals surface area contributed by atoms with Crippen LogP contribution in [0.15, 0.2) is 0 Å². The van der Waals surface area contributed by atoms with Gasteiger partial charge in [0.05, 0.1) is 0 Å². The Hall–Kier alpha value is -0.0400. The van der Waals surface area contributed by atoms with Crippen LogP contribution in [-0.2, 0) is 0 Å². The van der Waals surface area contributed by atoms with Crippen LogP contribution >= 0.6 is 0 Å². The first-order valence-electron chi connectivity index (χ1n) is 4.65. The predicted molar refractivity (Wildman–Crippen MR) is 50.7 cm³/mol. The fourth-order valence-corrected chi connectivity index (χ4v) is 0.715. The molecule has 0 spiro atoms. The Morgan fingerprint density at radius 2 is 0.909 bits per heavy atom. The van der Waals surface area contributed by atoms with Crippen LogP contribution < -0.4 is 5.32 Å². The van der Waals surface area contributed by atoms with Gasteiger partial charge in [0.2, 0.25) is 0 Å². The van der Waals surface area contributed by atoms with Crippen LogP contribution in [0.5, 0.6) is 0 Å². The van der Waals surface area contributed by atoms with Gasteiger partial charge in [-0.2, -0.15) is 0 Å². The molecule has 0 aliphatic rings. The molecule has 0 heterocycles. The first-order valence-corrected chi connectivity index (χ1v) is 4.65. The molecule has 2 unspecified atom stereocenters. The largest absolute Gasteiger partial charge is 0.235 e. The Bertz CT molecular complexity index is 85.0. The molecule has 0 N–H and O–H groups in total. The van der Waals surface area contributed by atoms with Crippen LogP contribution in [-0.4, -0.2) is 12.1 Å². The van der Waals surface area contributed by atoms with Crippen LogP contribution in [0, 0.1) is 11.8 Å². The molecule has 1 heteroatoms. The van der Waals surface area contributed by atoms with Crippen molar-refractivity contribution in [3.63, 3.8) is 0 Å². The maximum absolute atomic E-state index is 4.68.